The van der Waals surface area contributed by atoms with E-state index in [2.05, 4.69) is 0 Å². The van der Waals surface area contributed by atoms with E-state index in [4.69, 9.17) is 4.18 Å². The lowest BCUT2D eigenvalue weighted by molar-refractivity contribution is 0.488. The highest BCUT2D eigenvalue weighted by Crippen LogP contribution is 2.21. The molecule has 0 unspecified atom stereocenters. The van der Waals surface area contributed by atoms with E-state index in [9.17, 15) is 17.2 Å². The van der Waals surface area contributed by atoms with Crippen molar-refractivity contribution in [2.45, 2.75) is 4.90 Å². The summed E-state index contributed by atoms with van der Waals surface area (Å²) in [6.07, 6.45) is 0. The molecule has 0 fully saturated rings. The molecule has 0 saturated carbocycles. The summed E-state index contributed by atoms with van der Waals surface area (Å²) in [7, 11) is -3.71. The third kappa shape index (κ3) is 5.02. The van der Waals surface area contributed by atoms with E-state index in [1.807, 2.05) is 0 Å². The largest absolute Gasteiger partial charge is 0.382 e. The minimum absolute atomic E-state index is 0.181. The van der Waals surface area contributed by atoms with Crippen molar-refractivity contribution in [1.29, 1.82) is 0 Å². The zero-order chi connectivity index (χ0) is 15.3. The fourth-order valence-corrected chi connectivity index (χ4v) is 3.72. The van der Waals surface area contributed by atoms with E-state index >= 15 is 0 Å². The van der Waals surface area contributed by atoms with Gasteiger partial charge in [-0.1, -0.05) is 18.2 Å². The predicted molar refractivity (Wildman–Crippen MR) is 77.9 cm³/mol. The Hall–Kier alpha value is -1.60. The van der Waals surface area contributed by atoms with E-state index in [0.29, 0.717) is 4.90 Å². The van der Waals surface area contributed by atoms with Gasteiger partial charge >= 0.3 is 10.1 Å². The standard InChI is InChI=1S/C14H12F2O3S2/c15-13-7-6-12(10-14(13)16)20-8-9-21(17,18)19-11-4-2-1-3-5-11/h1-7,10H,8-9H2. The van der Waals surface area contributed by atoms with Gasteiger partial charge in [0.15, 0.2) is 11.6 Å². The first-order valence-corrected chi connectivity index (χ1v) is 8.58. The van der Waals surface area contributed by atoms with Gasteiger partial charge in [0.2, 0.25) is 0 Å². The summed E-state index contributed by atoms with van der Waals surface area (Å²) in [6.45, 7) is 0. The van der Waals surface area contributed by atoms with Gasteiger partial charge in [-0.05, 0) is 30.3 Å². The first kappa shape index (κ1) is 15.8. The Morgan fingerprint density at radius 3 is 2.38 bits per heavy atom. The lowest BCUT2D eigenvalue weighted by atomic mass is 10.3. The minimum Gasteiger partial charge on any atom is -0.382 e. The second-order valence-electron chi connectivity index (χ2n) is 4.08. The monoisotopic (exact) mass is 330 g/mol. The number of thioether (sulfide) groups is 1. The van der Waals surface area contributed by atoms with Crippen LogP contribution in [0.5, 0.6) is 5.75 Å². The molecule has 0 amide bonds. The number of hydrogen-bond acceptors (Lipinski definition) is 4. The van der Waals surface area contributed by atoms with Crippen LogP contribution in [0, 0.1) is 11.6 Å². The second-order valence-corrected chi connectivity index (χ2v) is 6.94. The van der Waals surface area contributed by atoms with Gasteiger partial charge in [0.1, 0.15) is 5.75 Å². The van der Waals surface area contributed by atoms with Crippen LogP contribution < -0.4 is 4.18 Å². The molecule has 2 rings (SSSR count). The Balaban J connectivity index is 1.88. The summed E-state index contributed by atoms with van der Waals surface area (Å²) in [5.41, 5.74) is 0. The van der Waals surface area contributed by atoms with Crippen molar-refractivity contribution in [1.82, 2.24) is 0 Å². The summed E-state index contributed by atoms with van der Waals surface area (Å²) < 4.78 is 54.1. The molecular weight excluding hydrogens is 318 g/mol. The molecule has 0 N–H and O–H groups in total. The van der Waals surface area contributed by atoms with Crippen molar-refractivity contribution >= 4 is 21.9 Å². The number of rotatable bonds is 6. The molecule has 0 bridgehead atoms. The van der Waals surface area contributed by atoms with Gasteiger partial charge in [-0.3, -0.25) is 0 Å². The van der Waals surface area contributed by atoms with Gasteiger partial charge < -0.3 is 4.18 Å². The summed E-state index contributed by atoms with van der Waals surface area (Å²) >= 11 is 1.11. The molecule has 0 aromatic heterocycles. The highest BCUT2D eigenvalue weighted by Gasteiger charge is 2.13. The van der Waals surface area contributed by atoms with E-state index < -0.39 is 21.8 Å². The Labute approximate surface area is 126 Å². The van der Waals surface area contributed by atoms with Crippen molar-refractivity contribution in [2.24, 2.45) is 0 Å². The number of para-hydroxylation sites is 1. The second kappa shape index (κ2) is 6.91. The van der Waals surface area contributed by atoms with Gasteiger partial charge in [0, 0.05) is 10.6 Å². The van der Waals surface area contributed by atoms with E-state index in [-0.39, 0.29) is 17.3 Å². The van der Waals surface area contributed by atoms with Crippen LogP contribution in [0.3, 0.4) is 0 Å². The summed E-state index contributed by atoms with van der Waals surface area (Å²) in [5.74, 6) is -1.69. The summed E-state index contributed by atoms with van der Waals surface area (Å²) in [4.78, 5) is 0.462. The Morgan fingerprint density at radius 2 is 1.71 bits per heavy atom. The molecule has 0 aliphatic carbocycles. The quantitative estimate of drug-likeness (QED) is 0.601. The van der Waals surface area contributed by atoms with Gasteiger partial charge in [-0.2, -0.15) is 8.42 Å². The Bertz CT molecular complexity index is 703. The molecule has 0 aliphatic rings. The Morgan fingerprint density at radius 1 is 1.00 bits per heavy atom. The first-order valence-electron chi connectivity index (χ1n) is 6.01. The molecule has 0 heterocycles. The highest BCUT2D eigenvalue weighted by molar-refractivity contribution is 8.00. The average Bonchev–Trinajstić information content (AvgIpc) is 2.43. The van der Waals surface area contributed by atoms with Crippen molar-refractivity contribution in [3.8, 4) is 5.75 Å². The van der Waals surface area contributed by atoms with Gasteiger partial charge in [-0.25, -0.2) is 8.78 Å². The molecule has 7 heteroatoms. The maximum absolute atomic E-state index is 13.0. The zero-order valence-electron chi connectivity index (χ0n) is 10.8. The third-order valence-corrected chi connectivity index (χ3v) is 4.86. The van der Waals surface area contributed by atoms with E-state index in [1.165, 1.54) is 6.07 Å². The summed E-state index contributed by atoms with van der Waals surface area (Å²) in [5, 5.41) is 0. The van der Waals surface area contributed by atoms with Crippen LogP contribution in [-0.4, -0.2) is 19.9 Å². The van der Waals surface area contributed by atoms with Crippen LogP contribution in [0.25, 0.3) is 0 Å². The lowest BCUT2D eigenvalue weighted by Crippen LogP contribution is -2.15. The van der Waals surface area contributed by atoms with Gasteiger partial charge in [-0.15, -0.1) is 11.8 Å². The minimum atomic E-state index is -3.71. The van der Waals surface area contributed by atoms with Crippen LogP contribution in [-0.2, 0) is 10.1 Å². The fourth-order valence-electron chi connectivity index (χ4n) is 1.49. The van der Waals surface area contributed by atoms with Crippen LogP contribution >= 0.6 is 11.8 Å². The first-order chi connectivity index (χ1) is 9.96. The van der Waals surface area contributed by atoms with Crippen molar-refractivity contribution < 1.29 is 21.4 Å². The van der Waals surface area contributed by atoms with E-state index in [1.54, 1.807) is 30.3 Å². The topological polar surface area (TPSA) is 43.4 Å². The van der Waals surface area contributed by atoms with Crippen molar-refractivity contribution in [3.63, 3.8) is 0 Å². The van der Waals surface area contributed by atoms with Crippen LogP contribution in [0.2, 0.25) is 0 Å². The van der Waals surface area contributed by atoms with Gasteiger partial charge in [0.25, 0.3) is 0 Å². The van der Waals surface area contributed by atoms with Crippen molar-refractivity contribution in [3.05, 3.63) is 60.2 Å². The summed E-state index contributed by atoms with van der Waals surface area (Å²) in [6, 6.07) is 11.6. The normalized spacial score (nSPS) is 11.3. The molecular formula is C14H12F2O3S2. The van der Waals surface area contributed by atoms with E-state index in [0.717, 1.165) is 23.9 Å². The highest BCUT2D eigenvalue weighted by atomic mass is 32.2. The van der Waals surface area contributed by atoms with Crippen LogP contribution in [0.15, 0.2) is 53.4 Å². The molecule has 0 aliphatic heterocycles. The molecule has 21 heavy (non-hydrogen) atoms. The molecule has 112 valence electrons. The number of benzene rings is 2. The maximum atomic E-state index is 13.0. The molecule has 0 spiro atoms. The van der Waals surface area contributed by atoms with Gasteiger partial charge in [0.05, 0.1) is 5.75 Å². The van der Waals surface area contributed by atoms with Crippen molar-refractivity contribution in [2.75, 3.05) is 11.5 Å². The SMILES string of the molecule is O=S(=O)(CCSc1ccc(F)c(F)c1)Oc1ccccc1. The van der Waals surface area contributed by atoms with Crippen LogP contribution in [0.1, 0.15) is 0 Å². The Kier molecular flexibility index (Phi) is 5.19. The molecule has 3 nitrogen and oxygen atoms in total. The average molecular weight is 330 g/mol. The van der Waals surface area contributed by atoms with Crippen LogP contribution in [0.4, 0.5) is 8.78 Å². The molecule has 0 radical (unpaired) electrons. The lowest BCUT2D eigenvalue weighted by Gasteiger charge is -2.06. The number of hydrogen-bond donors (Lipinski definition) is 0. The molecule has 0 atom stereocenters. The maximum Gasteiger partial charge on any atom is 0.310 e. The molecule has 2 aromatic carbocycles. The number of halogens is 2. The fraction of sp³-hybridized carbons (Fsp3) is 0.143. The molecule has 2 aromatic rings. The predicted octanol–water partition coefficient (Wildman–Crippen LogP) is 3.47. The third-order valence-electron chi connectivity index (χ3n) is 2.46. The zero-order valence-corrected chi connectivity index (χ0v) is 12.5. The molecule has 0 saturated heterocycles. The smallest absolute Gasteiger partial charge is 0.310 e.